The van der Waals surface area contributed by atoms with Crippen LogP contribution >= 0.6 is 0 Å². The van der Waals surface area contributed by atoms with Gasteiger partial charge in [-0.05, 0) is 18.9 Å². The second-order valence-corrected chi connectivity index (χ2v) is 6.83. The molecule has 168 valence electrons. The number of carbonyl (C=O) groups excluding carboxylic acids is 2. The van der Waals surface area contributed by atoms with Crippen LogP contribution in [0.1, 0.15) is 44.8 Å². The molecule has 1 fully saturated rings. The second-order valence-electron chi connectivity index (χ2n) is 6.83. The first kappa shape index (κ1) is 23.8. The van der Waals surface area contributed by atoms with E-state index in [-0.39, 0.29) is 18.7 Å². The number of ether oxygens (including phenoxy) is 1. The summed E-state index contributed by atoms with van der Waals surface area (Å²) in [5.74, 6) is -4.84. The molecule has 30 heavy (non-hydrogen) atoms. The summed E-state index contributed by atoms with van der Waals surface area (Å²) in [6, 6.07) is 1.14. The quantitative estimate of drug-likeness (QED) is 0.194. The molecule has 0 radical (unpaired) electrons. The zero-order chi connectivity index (χ0) is 22.3. The third-order valence-electron chi connectivity index (χ3n) is 4.59. The first-order chi connectivity index (χ1) is 14.2. The Morgan fingerprint density at radius 3 is 2.37 bits per heavy atom. The van der Waals surface area contributed by atoms with Crippen molar-refractivity contribution in [3.8, 4) is 0 Å². The molecule has 3 atom stereocenters. The second kappa shape index (κ2) is 10.5. The smallest absolute Gasteiger partial charge is 0.351 e. The summed E-state index contributed by atoms with van der Waals surface area (Å²) in [5.41, 5.74) is 0.409. The van der Waals surface area contributed by atoms with E-state index >= 15 is 0 Å². The average molecular weight is 434 g/mol. The van der Waals surface area contributed by atoms with Crippen LogP contribution in [0.2, 0.25) is 0 Å². The van der Waals surface area contributed by atoms with Crippen molar-refractivity contribution in [3.05, 3.63) is 22.7 Å². The van der Waals surface area contributed by atoms with Crippen LogP contribution in [-0.2, 0) is 14.3 Å². The number of carbonyl (C=O) groups is 2. The van der Waals surface area contributed by atoms with Gasteiger partial charge in [-0.3, -0.25) is 19.4 Å². The summed E-state index contributed by atoms with van der Waals surface area (Å²) in [4.78, 5) is 38.4. The summed E-state index contributed by atoms with van der Waals surface area (Å²) in [7, 11) is 0. The van der Waals surface area contributed by atoms with Crippen LogP contribution in [0, 0.1) is 0 Å². The number of aliphatic hydroxyl groups excluding tert-OH is 2. The molecule has 11 nitrogen and oxygen atoms in total. The fourth-order valence-electron chi connectivity index (χ4n) is 2.97. The van der Waals surface area contributed by atoms with Crippen molar-refractivity contribution in [2.45, 2.75) is 62.9 Å². The fraction of sp³-hybridized carbons (Fsp3) is 0.647. The maximum atomic E-state index is 14.1. The van der Waals surface area contributed by atoms with Crippen molar-refractivity contribution in [1.82, 2.24) is 15.0 Å². The molecule has 0 saturated carbocycles. The molecule has 0 spiro atoms. The maximum absolute atomic E-state index is 14.1. The van der Waals surface area contributed by atoms with Gasteiger partial charge in [0.15, 0.2) is 6.10 Å². The molecule has 1 aromatic rings. The van der Waals surface area contributed by atoms with Gasteiger partial charge in [0.1, 0.15) is 11.9 Å². The van der Waals surface area contributed by atoms with Crippen LogP contribution < -0.4 is 16.5 Å². The number of aliphatic hydroxyl groups is 2. The van der Waals surface area contributed by atoms with Crippen LogP contribution in [0.15, 0.2) is 17.1 Å². The maximum Gasteiger partial charge on any atom is 0.351 e. The van der Waals surface area contributed by atoms with Crippen molar-refractivity contribution in [1.29, 1.82) is 0 Å². The molecular weight excluding hydrogens is 410 g/mol. The number of hydroxylamine groups is 1. The molecule has 2 amide bonds. The fourth-order valence-corrected chi connectivity index (χ4v) is 2.97. The number of alkyl halides is 2. The van der Waals surface area contributed by atoms with E-state index in [0.717, 1.165) is 12.3 Å². The van der Waals surface area contributed by atoms with Crippen LogP contribution in [0.25, 0.3) is 0 Å². The summed E-state index contributed by atoms with van der Waals surface area (Å²) in [6.45, 7) is -0.849. The third kappa shape index (κ3) is 5.78. The number of rotatable bonds is 10. The summed E-state index contributed by atoms with van der Waals surface area (Å²) in [5, 5.41) is 29.3. The zero-order valence-electron chi connectivity index (χ0n) is 16.0. The summed E-state index contributed by atoms with van der Waals surface area (Å²) in [6.07, 6.45) is -2.25. The highest BCUT2D eigenvalue weighted by Crippen LogP contribution is 2.41. The van der Waals surface area contributed by atoms with Crippen LogP contribution in [-0.4, -0.2) is 61.5 Å². The minimum Gasteiger partial charge on any atom is -0.394 e. The highest BCUT2D eigenvalue weighted by atomic mass is 19.3. The Balaban J connectivity index is 1.86. The van der Waals surface area contributed by atoms with Gasteiger partial charge in [-0.15, -0.1) is 0 Å². The van der Waals surface area contributed by atoms with E-state index in [1.54, 1.807) is 0 Å². The largest absolute Gasteiger partial charge is 0.394 e. The molecular formula is C17H24F2N4O7. The van der Waals surface area contributed by atoms with E-state index in [2.05, 4.69) is 10.3 Å². The number of unbranched alkanes of at least 4 members (excludes halogenated alkanes) is 3. The number of aromatic nitrogens is 2. The van der Waals surface area contributed by atoms with Crippen molar-refractivity contribution < 1.29 is 38.5 Å². The highest BCUT2D eigenvalue weighted by molar-refractivity contribution is 5.89. The lowest BCUT2D eigenvalue weighted by Gasteiger charge is -2.21. The van der Waals surface area contributed by atoms with Crippen molar-refractivity contribution >= 4 is 17.6 Å². The lowest BCUT2D eigenvalue weighted by atomic mass is 10.1. The Morgan fingerprint density at radius 1 is 1.20 bits per heavy atom. The molecule has 1 aliphatic rings. The highest BCUT2D eigenvalue weighted by Gasteiger charge is 2.59. The molecule has 1 aromatic heterocycles. The van der Waals surface area contributed by atoms with Gasteiger partial charge in [-0.1, -0.05) is 12.8 Å². The van der Waals surface area contributed by atoms with Gasteiger partial charge in [0.05, 0.1) is 6.61 Å². The predicted octanol–water partition coefficient (Wildman–Crippen LogP) is -0.0863. The first-order valence-corrected chi connectivity index (χ1v) is 9.35. The van der Waals surface area contributed by atoms with Crippen molar-refractivity contribution in [3.63, 3.8) is 0 Å². The molecule has 0 bridgehead atoms. The standard InChI is InChI=1S/C17H24F2N4O7/c18-17(19)14(27)10(9-24)30-15(17)23-8-7-11(21-16(23)28)20-12(25)5-3-1-2-4-6-13(26)22-29/h7-8,10,14-15,24,27,29H,1-6,9H2,(H,22,26)(H,20,21,25,28)/t10-,14-,15-/m1/s1. The Labute approximate surface area is 169 Å². The Kier molecular flexibility index (Phi) is 8.34. The first-order valence-electron chi connectivity index (χ1n) is 9.35. The van der Waals surface area contributed by atoms with Gasteiger partial charge in [0.25, 0.3) is 0 Å². The lowest BCUT2D eigenvalue weighted by molar-refractivity contribution is -0.141. The van der Waals surface area contributed by atoms with E-state index in [1.165, 1.54) is 5.48 Å². The van der Waals surface area contributed by atoms with Gasteiger partial charge in [0, 0.05) is 19.0 Å². The number of hydrogen-bond acceptors (Lipinski definition) is 8. The number of anilines is 1. The lowest BCUT2D eigenvalue weighted by Crippen LogP contribution is -2.41. The number of amides is 2. The Bertz CT molecular complexity index is 805. The van der Waals surface area contributed by atoms with E-state index in [4.69, 9.17) is 15.1 Å². The molecule has 13 heteroatoms. The molecule has 0 unspecified atom stereocenters. The number of nitrogens with zero attached hydrogens (tertiary/aromatic N) is 2. The van der Waals surface area contributed by atoms with Crippen molar-refractivity contribution in [2.75, 3.05) is 11.9 Å². The van der Waals surface area contributed by atoms with Crippen LogP contribution in [0.5, 0.6) is 0 Å². The molecule has 1 aliphatic heterocycles. The topological polar surface area (TPSA) is 163 Å². The minimum atomic E-state index is -3.82. The third-order valence-corrected chi connectivity index (χ3v) is 4.59. The molecule has 0 aliphatic carbocycles. The number of nitrogens with one attached hydrogen (secondary N) is 2. The monoisotopic (exact) mass is 434 g/mol. The zero-order valence-corrected chi connectivity index (χ0v) is 16.0. The Morgan fingerprint density at radius 2 is 1.83 bits per heavy atom. The van der Waals surface area contributed by atoms with E-state index < -0.39 is 48.5 Å². The van der Waals surface area contributed by atoms with Gasteiger partial charge < -0.3 is 20.3 Å². The summed E-state index contributed by atoms with van der Waals surface area (Å²) < 4.78 is 33.6. The van der Waals surface area contributed by atoms with E-state index in [1.807, 2.05) is 0 Å². The molecule has 0 aromatic carbocycles. The molecule has 5 N–H and O–H groups in total. The normalized spacial score (nSPS) is 22.6. The number of hydrogen-bond donors (Lipinski definition) is 5. The van der Waals surface area contributed by atoms with Crippen LogP contribution in [0.3, 0.4) is 0 Å². The van der Waals surface area contributed by atoms with Gasteiger partial charge >= 0.3 is 11.6 Å². The summed E-state index contributed by atoms with van der Waals surface area (Å²) >= 11 is 0. The minimum absolute atomic E-state index is 0.124. The van der Waals surface area contributed by atoms with Crippen LogP contribution in [0.4, 0.5) is 14.6 Å². The van der Waals surface area contributed by atoms with Gasteiger partial charge in [-0.25, -0.2) is 10.3 Å². The average Bonchev–Trinajstić information content (AvgIpc) is 2.93. The molecule has 1 saturated heterocycles. The Hall–Kier alpha value is -2.48. The van der Waals surface area contributed by atoms with Gasteiger partial charge in [-0.2, -0.15) is 13.8 Å². The van der Waals surface area contributed by atoms with Crippen molar-refractivity contribution in [2.24, 2.45) is 0 Å². The van der Waals surface area contributed by atoms with Gasteiger partial charge in [0.2, 0.25) is 18.0 Å². The predicted molar refractivity (Wildman–Crippen MR) is 96.7 cm³/mol. The van der Waals surface area contributed by atoms with E-state index in [9.17, 15) is 28.3 Å². The van der Waals surface area contributed by atoms with E-state index in [0.29, 0.717) is 30.3 Å². The SMILES string of the molecule is O=C(CCCCCCC(=O)Nc1ccn([C@@H]2O[C@H](CO)[C@@H](O)C2(F)F)c(=O)n1)NO. The molecule has 2 heterocycles. The number of halogens is 2. The molecule has 2 rings (SSSR count).